The standard InChI is InChI=1S/C24H26BNO5/c27-23(12-16-7-8-19-21(11-16)31-15-24(19)9-3-4-10-24)26-22(25(28)29)13-17-14-30-20-6-2-1-5-18(17)20/h1-2,5-8,11,14,22,28-29H,3-4,9-10,12-13,15H2,(H,26,27). The van der Waals surface area contributed by atoms with Crippen molar-refractivity contribution in [2.45, 2.75) is 49.9 Å². The summed E-state index contributed by atoms with van der Waals surface area (Å²) in [6, 6.07) is 13.6. The predicted molar refractivity (Wildman–Crippen MR) is 118 cm³/mol. The molecule has 2 heterocycles. The van der Waals surface area contributed by atoms with E-state index in [1.165, 1.54) is 31.2 Å². The molecule has 1 saturated carbocycles. The largest absolute Gasteiger partial charge is 0.492 e. The number of hydrogen-bond acceptors (Lipinski definition) is 5. The third kappa shape index (κ3) is 3.84. The molecule has 1 aliphatic heterocycles. The third-order valence-corrected chi connectivity index (χ3v) is 6.75. The first-order chi connectivity index (χ1) is 15.0. The van der Waals surface area contributed by atoms with E-state index in [0.29, 0.717) is 0 Å². The zero-order valence-electron chi connectivity index (χ0n) is 17.3. The van der Waals surface area contributed by atoms with Crippen LogP contribution in [0.15, 0.2) is 53.1 Å². The van der Waals surface area contributed by atoms with Crippen molar-refractivity contribution in [1.82, 2.24) is 5.32 Å². The van der Waals surface area contributed by atoms with E-state index in [1.807, 2.05) is 36.4 Å². The van der Waals surface area contributed by atoms with E-state index in [-0.39, 0.29) is 24.2 Å². The summed E-state index contributed by atoms with van der Waals surface area (Å²) < 4.78 is 11.5. The Kier molecular flexibility index (Phi) is 5.24. The van der Waals surface area contributed by atoms with E-state index in [0.717, 1.165) is 34.5 Å². The van der Waals surface area contributed by atoms with Crippen LogP contribution in [0.3, 0.4) is 0 Å². The van der Waals surface area contributed by atoms with Crippen LogP contribution in [0, 0.1) is 0 Å². The lowest BCUT2D eigenvalue weighted by molar-refractivity contribution is -0.120. The Labute approximate surface area is 181 Å². The second-order valence-electron chi connectivity index (χ2n) is 8.83. The van der Waals surface area contributed by atoms with Gasteiger partial charge in [-0.1, -0.05) is 43.2 Å². The Balaban J connectivity index is 1.27. The summed E-state index contributed by atoms with van der Waals surface area (Å²) in [5.41, 5.74) is 3.83. The molecule has 0 bridgehead atoms. The summed E-state index contributed by atoms with van der Waals surface area (Å²) in [6.07, 6.45) is 6.82. The van der Waals surface area contributed by atoms with Crippen LogP contribution in [0.4, 0.5) is 0 Å². The monoisotopic (exact) mass is 419 g/mol. The fourth-order valence-electron chi connectivity index (χ4n) is 5.10. The second-order valence-corrected chi connectivity index (χ2v) is 8.83. The molecular weight excluding hydrogens is 393 g/mol. The average Bonchev–Trinajstić information content (AvgIpc) is 3.48. The Hall–Kier alpha value is -2.77. The molecular formula is C24H26BNO5. The Morgan fingerprint density at radius 2 is 1.97 bits per heavy atom. The molecule has 2 aromatic carbocycles. The molecule has 3 aromatic rings. The van der Waals surface area contributed by atoms with Gasteiger partial charge in [-0.2, -0.15) is 0 Å². The number of fused-ring (bicyclic) bond motifs is 3. The number of nitrogens with one attached hydrogen (secondary N) is 1. The maximum Gasteiger partial charge on any atom is 0.475 e. The van der Waals surface area contributed by atoms with Gasteiger partial charge in [0.15, 0.2) is 0 Å². The van der Waals surface area contributed by atoms with Gasteiger partial charge in [0, 0.05) is 16.4 Å². The summed E-state index contributed by atoms with van der Waals surface area (Å²) in [6.45, 7) is 0.732. The Morgan fingerprint density at radius 3 is 2.77 bits per heavy atom. The maximum absolute atomic E-state index is 12.7. The molecule has 7 heteroatoms. The number of carbonyl (C=O) groups excluding carboxylic acids is 1. The van der Waals surface area contributed by atoms with Gasteiger partial charge in [-0.15, -0.1) is 0 Å². The van der Waals surface area contributed by atoms with Crippen LogP contribution < -0.4 is 10.1 Å². The summed E-state index contributed by atoms with van der Waals surface area (Å²) in [4.78, 5) is 12.7. The highest BCUT2D eigenvalue weighted by atomic mass is 16.5. The molecule has 3 N–H and O–H groups in total. The highest BCUT2D eigenvalue weighted by Gasteiger charge is 2.42. The Morgan fingerprint density at radius 1 is 1.16 bits per heavy atom. The van der Waals surface area contributed by atoms with Crippen molar-refractivity contribution < 1.29 is 24.0 Å². The summed E-state index contributed by atoms with van der Waals surface area (Å²) in [5.74, 6) is -0.212. The van der Waals surface area contributed by atoms with E-state index < -0.39 is 13.1 Å². The molecule has 1 unspecified atom stereocenters. The van der Waals surface area contributed by atoms with Crippen molar-refractivity contribution in [2.75, 3.05) is 6.61 Å². The lowest BCUT2D eigenvalue weighted by atomic mass is 9.75. The van der Waals surface area contributed by atoms with Crippen LogP contribution in [0.1, 0.15) is 42.4 Å². The van der Waals surface area contributed by atoms with Crippen molar-refractivity contribution in [3.05, 3.63) is 65.4 Å². The first kappa shape index (κ1) is 20.2. The summed E-state index contributed by atoms with van der Waals surface area (Å²) >= 11 is 0. The predicted octanol–water partition coefficient (Wildman–Crippen LogP) is 2.92. The highest BCUT2D eigenvalue weighted by molar-refractivity contribution is 6.43. The summed E-state index contributed by atoms with van der Waals surface area (Å²) in [7, 11) is -1.68. The third-order valence-electron chi connectivity index (χ3n) is 6.75. The van der Waals surface area contributed by atoms with Crippen LogP contribution in [0.2, 0.25) is 0 Å². The number of amides is 1. The minimum Gasteiger partial charge on any atom is -0.492 e. The van der Waals surface area contributed by atoms with E-state index in [2.05, 4.69) is 11.4 Å². The van der Waals surface area contributed by atoms with Crippen LogP contribution in [-0.2, 0) is 23.1 Å². The SMILES string of the molecule is O=C(Cc1ccc2c(c1)OCC21CCCC1)NC(Cc1coc2ccccc12)B(O)O. The highest BCUT2D eigenvalue weighted by Crippen LogP contribution is 2.49. The molecule has 1 atom stereocenters. The van der Waals surface area contributed by atoms with Crippen molar-refractivity contribution >= 4 is 24.0 Å². The van der Waals surface area contributed by atoms with Crippen molar-refractivity contribution in [1.29, 1.82) is 0 Å². The lowest BCUT2D eigenvalue weighted by Crippen LogP contribution is -2.48. The van der Waals surface area contributed by atoms with Crippen LogP contribution >= 0.6 is 0 Å². The molecule has 0 radical (unpaired) electrons. The fourth-order valence-corrected chi connectivity index (χ4v) is 5.10. The topological polar surface area (TPSA) is 91.9 Å². The number of rotatable bonds is 6. The fraction of sp³-hybridized carbons (Fsp3) is 0.375. The first-order valence-corrected chi connectivity index (χ1v) is 10.9. The van der Waals surface area contributed by atoms with Gasteiger partial charge in [-0.05, 0) is 42.5 Å². The maximum atomic E-state index is 12.7. The van der Waals surface area contributed by atoms with Crippen molar-refractivity contribution in [3.8, 4) is 5.75 Å². The van der Waals surface area contributed by atoms with Gasteiger partial charge in [0.1, 0.15) is 11.3 Å². The first-order valence-electron chi connectivity index (χ1n) is 10.9. The van der Waals surface area contributed by atoms with Crippen molar-refractivity contribution in [3.63, 3.8) is 0 Å². The molecule has 5 rings (SSSR count). The van der Waals surface area contributed by atoms with E-state index >= 15 is 0 Å². The molecule has 31 heavy (non-hydrogen) atoms. The van der Waals surface area contributed by atoms with E-state index in [4.69, 9.17) is 9.15 Å². The lowest BCUT2D eigenvalue weighted by Gasteiger charge is -2.21. The van der Waals surface area contributed by atoms with Gasteiger partial charge in [-0.3, -0.25) is 4.79 Å². The van der Waals surface area contributed by atoms with Gasteiger partial charge in [0.2, 0.25) is 5.91 Å². The number of ether oxygens (including phenoxy) is 1. The minimum absolute atomic E-state index is 0.152. The summed E-state index contributed by atoms with van der Waals surface area (Å²) in [5, 5.41) is 23.3. The molecule has 0 saturated heterocycles. The van der Waals surface area contributed by atoms with Crippen LogP contribution in [0.25, 0.3) is 11.0 Å². The van der Waals surface area contributed by atoms with Gasteiger partial charge in [0.25, 0.3) is 0 Å². The molecule has 2 aliphatic rings. The number of benzene rings is 2. The van der Waals surface area contributed by atoms with Gasteiger partial charge in [0.05, 0.1) is 25.2 Å². The number of furan rings is 1. The van der Waals surface area contributed by atoms with Gasteiger partial charge < -0.3 is 24.5 Å². The number of para-hydroxylation sites is 1. The molecule has 1 aromatic heterocycles. The van der Waals surface area contributed by atoms with Crippen LogP contribution in [0.5, 0.6) is 5.75 Å². The molecule has 1 spiro atoms. The zero-order valence-corrected chi connectivity index (χ0v) is 17.3. The Bertz CT molecular complexity index is 1100. The van der Waals surface area contributed by atoms with E-state index in [1.54, 1.807) is 6.26 Å². The van der Waals surface area contributed by atoms with Crippen LogP contribution in [-0.4, -0.2) is 35.6 Å². The minimum atomic E-state index is -1.68. The smallest absolute Gasteiger partial charge is 0.475 e. The quantitative estimate of drug-likeness (QED) is 0.535. The molecule has 1 fully saturated rings. The molecule has 6 nitrogen and oxygen atoms in total. The number of carbonyl (C=O) groups is 1. The number of hydrogen-bond donors (Lipinski definition) is 3. The molecule has 160 valence electrons. The van der Waals surface area contributed by atoms with E-state index in [9.17, 15) is 14.8 Å². The average molecular weight is 419 g/mol. The second kappa shape index (κ2) is 8.06. The molecule has 1 aliphatic carbocycles. The normalized spacial score (nSPS) is 17.5. The van der Waals surface area contributed by atoms with Crippen molar-refractivity contribution in [2.24, 2.45) is 0 Å². The molecule has 1 amide bonds. The zero-order chi connectivity index (χ0) is 21.4. The van der Waals surface area contributed by atoms with Gasteiger partial charge >= 0.3 is 7.12 Å². The van der Waals surface area contributed by atoms with Gasteiger partial charge in [-0.25, -0.2) is 0 Å².